The van der Waals surface area contributed by atoms with Gasteiger partial charge in [-0.2, -0.15) is 10.2 Å². The van der Waals surface area contributed by atoms with Crippen LogP contribution in [-0.2, 0) is 11.2 Å². The van der Waals surface area contributed by atoms with Crippen LogP contribution in [0.5, 0.6) is 0 Å². The molecule has 1 N–H and O–H groups in total. The number of rotatable bonds is 6. The SMILES string of the molecule is O=CCCc1cn(-c2ccc(-c3cccnn3)cc2)c(=O)c(N2CCN(C(=O)O)CC2)n1. The molecule has 1 aliphatic heterocycles. The molecule has 1 fully saturated rings. The van der Waals surface area contributed by atoms with Gasteiger partial charge in [-0.3, -0.25) is 9.36 Å². The Kier molecular flexibility index (Phi) is 6.20. The molecule has 10 nitrogen and oxygen atoms in total. The van der Waals surface area contributed by atoms with E-state index in [1.54, 1.807) is 23.4 Å². The summed E-state index contributed by atoms with van der Waals surface area (Å²) in [4.78, 5) is 43.0. The molecule has 1 amide bonds. The number of hydrogen-bond donors (Lipinski definition) is 1. The molecule has 0 spiro atoms. The van der Waals surface area contributed by atoms with Crippen LogP contribution in [0.3, 0.4) is 0 Å². The predicted molar refractivity (Wildman–Crippen MR) is 117 cm³/mol. The van der Waals surface area contributed by atoms with Gasteiger partial charge in [0.1, 0.15) is 6.29 Å². The van der Waals surface area contributed by atoms with Gasteiger partial charge in [-0.15, -0.1) is 0 Å². The van der Waals surface area contributed by atoms with Crippen molar-refractivity contribution in [3.63, 3.8) is 0 Å². The number of nitrogens with zero attached hydrogens (tertiary/aromatic N) is 6. The number of hydrogen-bond acceptors (Lipinski definition) is 7. The third-order valence-corrected chi connectivity index (χ3v) is 5.32. The fraction of sp³-hybridized carbons (Fsp3) is 0.273. The van der Waals surface area contributed by atoms with Crippen molar-refractivity contribution >= 4 is 18.2 Å². The Morgan fingerprint density at radius 2 is 1.84 bits per heavy atom. The van der Waals surface area contributed by atoms with E-state index in [-0.39, 0.29) is 11.4 Å². The zero-order valence-electron chi connectivity index (χ0n) is 17.3. The van der Waals surface area contributed by atoms with E-state index in [1.165, 1.54) is 9.47 Å². The highest BCUT2D eigenvalue weighted by Gasteiger charge is 2.24. The van der Waals surface area contributed by atoms with Gasteiger partial charge in [-0.1, -0.05) is 12.1 Å². The van der Waals surface area contributed by atoms with E-state index in [4.69, 9.17) is 0 Å². The Morgan fingerprint density at radius 3 is 2.47 bits per heavy atom. The second-order valence-corrected chi connectivity index (χ2v) is 7.35. The molecule has 32 heavy (non-hydrogen) atoms. The maximum absolute atomic E-state index is 13.3. The normalized spacial score (nSPS) is 13.8. The maximum Gasteiger partial charge on any atom is 0.407 e. The van der Waals surface area contributed by atoms with Gasteiger partial charge >= 0.3 is 6.09 Å². The van der Waals surface area contributed by atoms with Crippen molar-refractivity contribution in [2.24, 2.45) is 0 Å². The van der Waals surface area contributed by atoms with Crippen LogP contribution in [0.1, 0.15) is 12.1 Å². The molecule has 0 aliphatic carbocycles. The van der Waals surface area contributed by atoms with E-state index in [9.17, 15) is 19.5 Å². The van der Waals surface area contributed by atoms with Crippen molar-refractivity contribution in [3.05, 3.63) is 64.8 Å². The second kappa shape index (κ2) is 9.38. The number of carbonyl (C=O) groups is 2. The van der Waals surface area contributed by atoms with E-state index in [0.717, 1.165) is 17.5 Å². The van der Waals surface area contributed by atoms with Crippen molar-refractivity contribution in [2.75, 3.05) is 31.1 Å². The lowest BCUT2D eigenvalue weighted by molar-refractivity contribution is -0.107. The predicted octanol–water partition coefficient (Wildman–Crippen LogP) is 1.62. The molecule has 0 bridgehead atoms. The molecule has 1 saturated heterocycles. The molecule has 4 rings (SSSR count). The second-order valence-electron chi connectivity index (χ2n) is 7.35. The first-order valence-electron chi connectivity index (χ1n) is 10.2. The lowest BCUT2D eigenvalue weighted by atomic mass is 10.1. The average Bonchev–Trinajstić information content (AvgIpc) is 2.84. The molecule has 1 aromatic carbocycles. The van der Waals surface area contributed by atoms with Gasteiger partial charge in [0.05, 0.1) is 11.4 Å². The largest absolute Gasteiger partial charge is 0.465 e. The fourth-order valence-corrected chi connectivity index (χ4v) is 3.61. The summed E-state index contributed by atoms with van der Waals surface area (Å²) in [6.45, 7) is 1.33. The molecule has 1 aliphatic rings. The minimum Gasteiger partial charge on any atom is -0.465 e. The molecule has 3 heterocycles. The number of aryl methyl sites for hydroxylation is 1. The van der Waals surface area contributed by atoms with Gasteiger partial charge in [0.2, 0.25) is 0 Å². The third kappa shape index (κ3) is 4.48. The molecule has 3 aromatic rings. The van der Waals surface area contributed by atoms with Crippen molar-refractivity contribution < 1.29 is 14.7 Å². The van der Waals surface area contributed by atoms with Gasteiger partial charge in [-0.05, 0) is 30.7 Å². The van der Waals surface area contributed by atoms with Crippen LogP contribution in [0.15, 0.2) is 53.6 Å². The number of anilines is 1. The van der Waals surface area contributed by atoms with Crippen LogP contribution in [0, 0.1) is 0 Å². The number of benzene rings is 1. The zero-order chi connectivity index (χ0) is 22.5. The van der Waals surface area contributed by atoms with Gasteiger partial charge in [0.15, 0.2) is 5.82 Å². The van der Waals surface area contributed by atoms with Gasteiger partial charge in [-0.25, -0.2) is 9.78 Å². The van der Waals surface area contributed by atoms with E-state index in [0.29, 0.717) is 50.4 Å². The number of amides is 1. The summed E-state index contributed by atoms with van der Waals surface area (Å²) in [6.07, 6.45) is 3.80. The fourth-order valence-electron chi connectivity index (χ4n) is 3.61. The molecule has 0 unspecified atom stereocenters. The van der Waals surface area contributed by atoms with Crippen molar-refractivity contribution in [2.45, 2.75) is 12.8 Å². The summed E-state index contributed by atoms with van der Waals surface area (Å²) >= 11 is 0. The third-order valence-electron chi connectivity index (χ3n) is 5.32. The molecule has 164 valence electrons. The van der Waals surface area contributed by atoms with Crippen molar-refractivity contribution in [3.8, 4) is 16.9 Å². The Bertz CT molecular complexity index is 1160. The molecular formula is C22H22N6O4. The average molecular weight is 434 g/mol. The molecular weight excluding hydrogens is 412 g/mol. The van der Waals surface area contributed by atoms with Crippen LogP contribution in [0.4, 0.5) is 10.6 Å². The minimum absolute atomic E-state index is 0.261. The summed E-state index contributed by atoms with van der Waals surface area (Å²) in [5, 5.41) is 17.2. The molecule has 10 heteroatoms. The minimum atomic E-state index is -0.974. The Balaban J connectivity index is 1.68. The number of aromatic nitrogens is 4. The Morgan fingerprint density at radius 1 is 1.09 bits per heavy atom. The number of aldehydes is 1. The van der Waals surface area contributed by atoms with Crippen LogP contribution < -0.4 is 10.5 Å². The lowest BCUT2D eigenvalue weighted by Gasteiger charge is -2.33. The zero-order valence-corrected chi connectivity index (χ0v) is 17.3. The molecule has 0 saturated carbocycles. The maximum atomic E-state index is 13.3. The van der Waals surface area contributed by atoms with Crippen LogP contribution >= 0.6 is 0 Å². The van der Waals surface area contributed by atoms with Crippen molar-refractivity contribution in [1.82, 2.24) is 24.6 Å². The van der Waals surface area contributed by atoms with E-state index in [2.05, 4.69) is 15.2 Å². The summed E-state index contributed by atoms with van der Waals surface area (Å²) < 4.78 is 1.52. The van der Waals surface area contributed by atoms with E-state index >= 15 is 0 Å². The number of piperazine rings is 1. The summed E-state index contributed by atoms with van der Waals surface area (Å²) in [5.74, 6) is 0.261. The molecule has 0 atom stereocenters. The van der Waals surface area contributed by atoms with Crippen LogP contribution in [-0.4, -0.2) is 68.3 Å². The smallest absolute Gasteiger partial charge is 0.407 e. The van der Waals surface area contributed by atoms with Gasteiger partial charge in [0.25, 0.3) is 5.56 Å². The summed E-state index contributed by atoms with van der Waals surface area (Å²) in [7, 11) is 0. The highest BCUT2D eigenvalue weighted by Crippen LogP contribution is 2.19. The lowest BCUT2D eigenvalue weighted by Crippen LogP contribution is -2.50. The van der Waals surface area contributed by atoms with Crippen LogP contribution in [0.25, 0.3) is 16.9 Å². The standard InChI is InChI=1S/C22H22N6O4/c29-14-2-3-17-15-28(18-7-5-16(6-8-18)19-4-1-9-23-25-19)21(30)20(24-17)26-10-12-27(13-11-26)22(31)32/h1,4-9,14-15H,2-3,10-13H2,(H,31,32). The monoisotopic (exact) mass is 434 g/mol. The van der Waals surface area contributed by atoms with E-state index in [1.807, 2.05) is 30.3 Å². The summed E-state index contributed by atoms with van der Waals surface area (Å²) in [6, 6.07) is 11.0. The Hall–Kier alpha value is -4.08. The van der Waals surface area contributed by atoms with Crippen molar-refractivity contribution in [1.29, 1.82) is 0 Å². The van der Waals surface area contributed by atoms with Gasteiger partial charge in [0, 0.05) is 56.2 Å². The summed E-state index contributed by atoms with van der Waals surface area (Å²) in [5.41, 5.74) is 2.57. The number of carbonyl (C=O) groups excluding carboxylic acids is 1. The molecule has 2 aromatic heterocycles. The number of carboxylic acid groups (broad SMARTS) is 1. The van der Waals surface area contributed by atoms with Crippen LogP contribution in [0.2, 0.25) is 0 Å². The first-order valence-corrected chi connectivity index (χ1v) is 10.2. The van der Waals surface area contributed by atoms with Gasteiger partial charge < -0.3 is 19.7 Å². The highest BCUT2D eigenvalue weighted by molar-refractivity contribution is 5.65. The molecule has 0 radical (unpaired) electrons. The highest BCUT2D eigenvalue weighted by atomic mass is 16.4. The topological polar surface area (TPSA) is 122 Å². The first kappa shape index (κ1) is 21.2. The Labute approximate surface area is 183 Å². The quantitative estimate of drug-likeness (QED) is 0.581. The van der Waals surface area contributed by atoms with E-state index < -0.39 is 6.09 Å². The first-order chi connectivity index (χ1) is 15.6.